The van der Waals surface area contributed by atoms with E-state index in [4.69, 9.17) is 0 Å². The number of benzene rings is 1. The SMILES string of the molecule is Cc1ccc(-c2nc(C(=O)O)c3n2CC(O)CC3)cc1. The molecule has 20 heavy (non-hydrogen) atoms. The maximum absolute atomic E-state index is 11.3. The van der Waals surface area contributed by atoms with Gasteiger partial charge in [0.2, 0.25) is 0 Å². The summed E-state index contributed by atoms with van der Waals surface area (Å²) < 4.78 is 1.84. The van der Waals surface area contributed by atoms with Crippen molar-refractivity contribution in [1.29, 1.82) is 0 Å². The smallest absolute Gasteiger partial charge is 0.356 e. The van der Waals surface area contributed by atoms with Gasteiger partial charge in [-0.3, -0.25) is 0 Å². The zero-order valence-electron chi connectivity index (χ0n) is 11.2. The van der Waals surface area contributed by atoms with E-state index in [1.165, 1.54) is 0 Å². The number of carboxylic acids is 1. The Balaban J connectivity index is 2.15. The van der Waals surface area contributed by atoms with Crippen molar-refractivity contribution in [3.8, 4) is 11.4 Å². The predicted molar refractivity (Wildman–Crippen MR) is 73.7 cm³/mol. The van der Waals surface area contributed by atoms with Gasteiger partial charge in [0, 0.05) is 5.56 Å². The van der Waals surface area contributed by atoms with E-state index in [-0.39, 0.29) is 5.69 Å². The summed E-state index contributed by atoms with van der Waals surface area (Å²) >= 11 is 0. The number of aromatic nitrogens is 2. The molecule has 0 spiro atoms. The van der Waals surface area contributed by atoms with E-state index in [1.807, 2.05) is 35.8 Å². The first-order valence-corrected chi connectivity index (χ1v) is 6.64. The van der Waals surface area contributed by atoms with Gasteiger partial charge in [0.25, 0.3) is 0 Å². The van der Waals surface area contributed by atoms with Crippen LogP contribution in [0.3, 0.4) is 0 Å². The van der Waals surface area contributed by atoms with Gasteiger partial charge in [0.05, 0.1) is 18.3 Å². The second kappa shape index (κ2) is 4.76. The molecule has 1 unspecified atom stereocenters. The van der Waals surface area contributed by atoms with Gasteiger partial charge in [0.15, 0.2) is 5.69 Å². The minimum Gasteiger partial charge on any atom is -0.476 e. The van der Waals surface area contributed by atoms with Gasteiger partial charge in [-0.25, -0.2) is 9.78 Å². The maximum atomic E-state index is 11.3. The molecule has 0 fully saturated rings. The molecule has 0 amide bonds. The average molecular weight is 272 g/mol. The first kappa shape index (κ1) is 12.9. The van der Waals surface area contributed by atoms with E-state index in [0.29, 0.717) is 30.9 Å². The third kappa shape index (κ3) is 2.10. The summed E-state index contributed by atoms with van der Waals surface area (Å²) in [4.78, 5) is 15.6. The molecule has 5 nitrogen and oxygen atoms in total. The number of fused-ring (bicyclic) bond motifs is 1. The second-order valence-corrected chi connectivity index (χ2v) is 5.20. The minimum atomic E-state index is -1.01. The lowest BCUT2D eigenvalue weighted by molar-refractivity contribution is 0.0686. The van der Waals surface area contributed by atoms with Crippen LogP contribution in [0.1, 0.15) is 28.2 Å². The zero-order chi connectivity index (χ0) is 14.3. The minimum absolute atomic E-state index is 0.104. The summed E-state index contributed by atoms with van der Waals surface area (Å²) in [7, 11) is 0. The number of carboxylic acid groups (broad SMARTS) is 1. The predicted octanol–water partition coefficient (Wildman–Crippen LogP) is 1.86. The van der Waals surface area contributed by atoms with Crippen molar-refractivity contribution in [3.05, 3.63) is 41.2 Å². The molecule has 2 aromatic rings. The van der Waals surface area contributed by atoms with E-state index in [0.717, 1.165) is 11.1 Å². The molecule has 2 heterocycles. The Hall–Kier alpha value is -2.14. The van der Waals surface area contributed by atoms with Crippen LogP contribution in [0.15, 0.2) is 24.3 Å². The van der Waals surface area contributed by atoms with Crippen molar-refractivity contribution >= 4 is 5.97 Å². The highest BCUT2D eigenvalue weighted by molar-refractivity contribution is 5.88. The Morgan fingerprint density at radius 1 is 1.35 bits per heavy atom. The molecule has 3 rings (SSSR count). The first-order valence-electron chi connectivity index (χ1n) is 6.64. The van der Waals surface area contributed by atoms with Gasteiger partial charge >= 0.3 is 5.97 Å². The number of aryl methyl sites for hydroxylation is 1. The van der Waals surface area contributed by atoms with Gasteiger partial charge in [-0.2, -0.15) is 0 Å². The number of hydrogen-bond donors (Lipinski definition) is 2. The van der Waals surface area contributed by atoms with Gasteiger partial charge < -0.3 is 14.8 Å². The molecule has 1 atom stereocenters. The Morgan fingerprint density at radius 3 is 2.70 bits per heavy atom. The molecule has 1 aromatic carbocycles. The summed E-state index contributed by atoms with van der Waals surface area (Å²) in [5.74, 6) is -0.389. The molecular weight excluding hydrogens is 256 g/mol. The van der Waals surface area contributed by atoms with Crippen molar-refractivity contribution in [2.75, 3.05) is 0 Å². The third-order valence-corrected chi connectivity index (χ3v) is 3.69. The Bertz CT molecular complexity index is 659. The normalized spacial score (nSPS) is 17.8. The maximum Gasteiger partial charge on any atom is 0.356 e. The molecule has 104 valence electrons. The van der Waals surface area contributed by atoms with E-state index in [2.05, 4.69) is 4.98 Å². The van der Waals surface area contributed by atoms with Gasteiger partial charge in [0.1, 0.15) is 5.82 Å². The van der Waals surface area contributed by atoms with E-state index < -0.39 is 12.1 Å². The molecule has 5 heteroatoms. The van der Waals surface area contributed by atoms with E-state index >= 15 is 0 Å². The highest BCUT2D eigenvalue weighted by Gasteiger charge is 2.27. The Morgan fingerprint density at radius 2 is 2.05 bits per heavy atom. The molecule has 1 aromatic heterocycles. The van der Waals surface area contributed by atoms with E-state index in [1.54, 1.807) is 0 Å². The van der Waals surface area contributed by atoms with Crippen molar-refractivity contribution < 1.29 is 15.0 Å². The standard InChI is InChI=1S/C15H16N2O3/c1-9-2-4-10(5-3-9)14-16-13(15(19)20)12-7-6-11(18)8-17(12)14/h2-5,11,18H,6-8H2,1H3,(H,19,20). The summed E-state index contributed by atoms with van der Waals surface area (Å²) in [5.41, 5.74) is 2.82. The third-order valence-electron chi connectivity index (χ3n) is 3.69. The molecule has 1 aliphatic heterocycles. The zero-order valence-corrected chi connectivity index (χ0v) is 11.2. The van der Waals surface area contributed by atoms with Crippen LogP contribution in [-0.2, 0) is 13.0 Å². The molecule has 2 N–H and O–H groups in total. The molecule has 0 aliphatic carbocycles. The van der Waals surface area contributed by atoms with Crippen LogP contribution in [0.5, 0.6) is 0 Å². The quantitative estimate of drug-likeness (QED) is 0.875. The number of rotatable bonds is 2. The molecular formula is C15H16N2O3. The summed E-state index contributed by atoms with van der Waals surface area (Å²) in [6.45, 7) is 2.40. The summed E-state index contributed by atoms with van der Waals surface area (Å²) in [5, 5.41) is 19.1. The fourth-order valence-electron chi connectivity index (χ4n) is 2.64. The lowest BCUT2D eigenvalue weighted by atomic mass is 10.1. The molecule has 0 saturated carbocycles. The monoisotopic (exact) mass is 272 g/mol. The fraction of sp³-hybridized carbons (Fsp3) is 0.333. The number of aliphatic hydroxyl groups excluding tert-OH is 1. The summed E-state index contributed by atoms with van der Waals surface area (Å²) in [6.07, 6.45) is 0.684. The Kier molecular flexibility index (Phi) is 3.06. The van der Waals surface area contributed by atoms with E-state index in [9.17, 15) is 15.0 Å². The summed E-state index contributed by atoms with van der Waals surface area (Å²) in [6, 6.07) is 7.79. The first-order chi connectivity index (χ1) is 9.56. The largest absolute Gasteiger partial charge is 0.476 e. The number of aliphatic hydroxyl groups is 1. The number of carbonyl (C=O) groups is 1. The van der Waals surface area contributed by atoms with Crippen LogP contribution >= 0.6 is 0 Å². The average Bonchev–Trinajstić information content (AvgIpc) is 2.78. The molecule has 1 aliphatic rings. The lowest BCUT2D eigenvalue weighted by Gasteiger charge is -2.21. The lowest BCUT2D eigenvalue weighted by Crippen LogP contribution is -2.25. The number of hydrogen-bond acceptors (Lipinski definition) is 3. The van der Waals surface area contributed by atoms with Crippen LogP contribution in [0.4, 0.5) is 0 Å². The number of nitrogens with zero attached hydrogens (tertiary/aromatic N) is 2. The van der Waals surface area contributed by atoms with Crippen LogP contribution in [0.25, 0.3) is 11.4 Å². The van der Waals surface area contributed by atoms with Crippen LogP contribution in [0.2, 0.25) is 0 Å². The molecule has 0 radical (unpaired) electrons. The highest BCUT2D eigenvalue weighted by Crippen LogP contribution is 2.28. The van der Waals surface area contributed by atoms with Crippen LogP contribution < -0.4 is 0 Å². The van der Waals surface area contributed by atoms with Crippen LogP contribution in [0, 0.1) is 6.92 Å². The topological polar surface area (TPSA) is 75.3 Å². The van der Waals surface area contributed by atoms with Crippen molar-refractivity contribution in [3.63, 3.8) is 0 Å². The van der Waals surface area contributed by atoms with Crippen molar-refractivity contribution in [2.45, 2.75) is 32.4 Å². The van der Waals surface area contributed by atoms with Gasteiger partial charge in [-0.1, -0.05) is 29.8 Å². The molecule has 0 bridgehead atoms. The van der Waals surface area contributed by atoms with Gasteiger partial charge in [-0.15, -0.1) is 0 Å². The van der Waals surface area contributed by atoms with Crippen LogP contribution in [-0.4, -0.2) is 31.8 Å². The molecule has 0 saturated heterocycles. The number of aromatic carboxylic acids is 1. The number of imidazole rings is 1. The van der Waals surface area contributed by atoms with Crippen molar-refractivity contribution in [2.24, 2.45) is 0 Å². The Labute approximate surface area is 116 Å². The second-order valence-electron chi connectivity index (χ2n) is 5.20. The highest BCUT2D eigenvalue weighted by atomic mass is 16.4. The fourth-order valence-corrected chi connectivity index (χ4v) is 2.64. The van der Waals surface area contributed by atoms with Crippen molar-refractivity contribution in [1.82, 2.24) is 9.55 Å². The van der Waals surface area contributed by atoms with Gasteiger partial charge in [-0.05, 0) is 19.8 Å².